The molecule has 1 saturated heterocycles. The first-order valence-electron chi connectivity index (χ1n) is 5.91. The van der Waals surface area contributed by atoms with E-state index in [2.05, 4.69) is 10.6 Å². The summed E-state index contributed by atoms with van der Waals surface area (Å²) in [6.07, 6.45) is -0.353. The molecule has 0 bridgehead atoms. The molecule has 2 N–H and O–H groups in total. The average Bonchev–Trinajstić information content (AvgIpc) is 2.39. The first-order chi connectivity index (χ1) is 8.25. The van der Waals surface area contributed by atoms with Gasteiger partial charge in [0.2, 0.25) is 0 Å². The minimum atomic E-state index is -0.353. The quantitative estimate of drug-likeness (QED) is 0.862. The number of rotatable bonds is 3. The largest absolute Gasteiger partial charge is 0.366 e. The van der Waals surface area contributed by atoms with Gasteiger partial charge in [-0.1, -0.05) is 29.8 Å². The Kier molecular flexibility index (Phi) is 6.12. The molecule has 1 aliphatic rings. The summed E-state index contributed by atoms with van der Waals surface area (Å²) in [5, 5.41) is 6.02. The van der Waals surface area contributed by atoms with Crippen molar-refractivity contribution in [1.29, 1.82) is 0 Å². The van der Waals surface area contributed by atoms with E-state index in [4.69, 9.17) is 4.74 Å². The van der Waals surface area contributed by atoms with Crippen LogP contribution < -0.4 is 10.6 Å². The highest BCUT2D eigenvalue weighted by Gasteiger charge is 2.20. The normalized spacial score (nSPS) is 18.8. The SMILES string of the molecule is Cc1ccc(CNC(=O)C2CNCCO2)cc1.Cl. The Morgan fingerprint density at radius 2 is 2.17 bits per heavy atom. The van der Waals surface area contributed by atoms with Crippen molar-refractivity contribution >= 4 is 18.3 Å². The number of hydrogen-bond acceptors (Lipinski definition) is 3. The van der Waals surface area contributed by atoms with Crippen LogP contribution in [-0.4, -0.2) is 31.7 Å². The predicted octanol–water partition coefficient (Wildman–Crippen LogP) is 1.02. The minimum absolute atomic E-state index is 0. The summed E-state index contributed by atoms with van der Waals surface area (Å²) in [6.45, 7) is 4.62. The van der Waals surface area contributed by atoms with E-state index in [1.54, 1.807) is 0 Å². The van der Waals surface area contributed by atoms with Gasteiger partial charge in [-0.2, -0.15) is 0 Å². The predicted molar refractivity (Wildman–Crippen MR) is 72.9 cm³/mol. The number of ether oxygens (including phenoxy) is 1. The number of aryl methyl sites for hydroxylation is 1. The maximum absolute atomic E-state index is 11.8. The van der Waals surface area contributed by atoms with Crippen molar-refractivity contribution in [1.82, 2.24) is 10.6 Å². The van der Waals surface area contributed by atoms with Crippen LogP contribution in [0.25, 0.3) is 0 Å². The molecular weight excluding hydrogens is 252 g/mol. The Hall–Kier alpha value is -1.10. The fraction of sp³-hybridized carbons (Fsp3) is 0.462. The van der Waals surface area contributed by atoms with Crippen LogP contribution in [0.3, 0.4) is 0 Å². The summed E-state index contributed by atoms with van der Waals surface area (Å²) in [7, 11) is 0. The number of amides is 1. The van der Waals surface area contributed by atoms with Crippen LogP contribution in [0.1, 0.15) is 11.1 Å². The van der Waals surface area contributed by atoms with Crippen molar-refractivity contribution in [2.75, 3.05) is 19.7 Å². The molecule has 1 aromatic rings. The number of halogens is 1. The summed E-state index contributed by atoms with van der Waals surface area (Å²) in [6, 6.07) is 8.13. The third kappa shape index (κ3) is 4.29. The molecule has 4 nitrogen and oxygen atoms in total. The van der Waals surface area contributed by atoms with Crippen LogP contribution >= 0.6 is 12.4 Å². The number of morpholine rings is 1. The average molecular weight is 271 g/mol. The van der Waals surface area contributed by atoms with E-state index < -0.39 is 0 Å². The van der Waals surface area contributed by atoms with Crippen LogP contribution in [-0.2, 0) is 16.1 Å². The molecule has 0 aromatic heterocycles. The van der Waals surface area contributed by atoms with Gasteiger partial charge >= 0.3 is 0 Å². The Morgan fingerprint density at radius 3 is 2.78 bits per heavy atom. The van der Waals surface area contributed by atoms with E-state index in [9.17, 15) is 4.79 Å². The topological polar surface area (TPSA) is 50.4 Å². The van der Waals surface area contributed by atoms with Crippen LogP contribution in [0, 0.1) is 6.92 Å². The van der Waals surface area contributed by atoms with Crippen molar-refractivity contribution in [3.05, 3.63) is 35.4 Å². The highest BCUT2D eigenvalue weighted by Crippen LogP contribution is 2.03. The minimum Gasteiger partial charge on any atom is -0.366 e. The molecule has 0 saturated carbocycles. The molecule has 1 fully saturated rings. The van der Waals surface area contributed by atoms with Gasteiger partial charge < -0.3 is 15.4 Å². The van der Waals surface area contributed by atoms with Crippen molar-refractivity contribution in [3.8, 4) is 0 Å². The summed E-state index contributed by atoms with van der Waals surface area (Å²) >= 11 is 0. The molecule has 1 atom stereocenters. The van der Waals surface area contributed by atoms with E-state index in [0.717, 1.165) is 12.1 Å². The molecule has 2 rings (SSSR count). The third-order valence-electron chi connectivity index (χ3n) is 2.81. The first-order valence-corrected chi connectivity index (χ1v) is 5.91. The second kappa shape index (κ2) is 7.36. The maximum Gasteiger partial charge on any atom is 0.250 e. The molecule has 1 aromatic carbocycles. The molecule has 18 heavy (non-hydrogen) atoms. The zero-order valence-corrected chi connectivity index (χ0v) is 11.3. The van der Waals surface area contributed by atoms with Gasteiger partial charge in [-0.15, -0.1) is 12.4 Å². The van der Waals surface area contributed by atoms with Gasteiger partial charge in [-0.3, -0.25) is 4.79 Å². The smallest absolute Gasteiger partial charge is 0.250 e. The number of carbonyl (C=O) groups excluding carboxylic acids is 1. The van der Waals surface area contributed by atoms with E-state index in [1.165, 1.54) is 5.56 Å². The van der Waals surface area contributed by atoms with Gasteiger partial charge in [0.05, 0.1) is 6.61 Å². The monoisotopic (exact) mass is 270 g/mol. The molecule has 0 radical (unpaired) electrons. The molecule has 100 valence electrons. The van der Waals surface area contributed by atoms with Gasteiger partial charge in [-0.25, -0.2) is 0 Å². The third-order valence-corrected chi connectivity index (χ3v) is 2.81. The van der Waals surface area contributed by atoms with E-state index in [0.29, 0.717) is 19.7 Å². The number of nitrogens with one attached hydrogen (secondary N) is 2. The van der Waals surface area contributed by atoms with E-state index in [1.807, 2.05) is 31.2 Å². The van der Waals surface area contributed by atoms with Crippen molar-refractivity contribution in [2.24, 2.45) is 0 Å². The first kappa shape index (κ1) is 15.0. The van der Waals surface area contributed by atoms with Gasteiger partial charge in [0, 0.05) is 19.6 Å². The lowest BCUT2D eigenvalue weighted by Gasteiger charge is -2.22. The Morgan fingerprint density at radius 1 is 1.44 bits per heavy atom. The van der Waals surface area contributed by atoms with Crippen LogP contribution in [0.15, 0.2) is 24.3 Å². The second-order valence-electron chi connectivity index (χ2n) is 4.27. The molecule has 1 aliphatic heterocycles. The molecule has 1 unspecified atom stereocenters. The highest BCUT2D eigenvalue weighted by atomic mass is 35.5. The van der Waals surface area contributed by atoms with Crippen LogP contribution in [0.2, 0.25) is 0 Å². The Bertz CT molecular complexity index is 375. The maximum atomic E-state index is 11.8. The standard InChI is InChI=1S/C13H18N2O2.ClH/c1-10-2-4-11(5-3-10)8-15-13(16)12-9-14-6-7-17-12;/h2-5,12,14H,6-9H2,1H3,(H,15,16);1H. The van der Waals surface area contributed by atoms with Crippen molar-refractivity contribution in [2.45, 2.75) is 19.6 Å². The highest BCUT2D eigenvalue weighted by molar-refractivity contribution is 5.85. The second-order valence-corrected chi connectivity index (χ2v) is 4.27. The lowest BCUT2D eigenvalue weighted by molar-refractivity contribution is -0.134. The fourth-order valence-corrected chi connectivity index (χ4v) is 1.74. The zero-order chi connectivity index (χ0) is 12.1. The van der Waals surface area contributed by atoms with Gasteiger partial charge in [-0.05, 0) is 12.5 Å². The van der Waals surface area contributed by atoms with Crippen molar-refractivity contribution in [3.63, 3.8) is 0 Å². The molecule has 1 heterocycles. The van der Waals surface area contributed by atoms with Gasteiger partial charge in [0.25, 0.3) is 5.91 Å². The number of carbonyl (C=O) groups is 1. The van der Waals surface area contributed by atoms with Crippen LogP contribution in [0.4, 0.5) is 0 Å². The molecule has 0 aliphatic carbocycles. The summed E-state index contributed by atoms with van der Waals surface area (Å²) in [5.74, 6) is -0.0437. The molecule has 1 amide bonds. The number of hydrogen-bond donors (Lipinski definition) is 2. The molecular formula is C13H19ClN2O2. The molecule has 0 spiro atoms. The summed E-state index contributed by atoms with van der Waals surface area (Å²) < 4.78 is 5.37. The molecule has 5 heteroatoms. The summed E-state index contributed by atoms with van der Waals surface area (Å²) in [5.41, 5.74) is 2.33. The van der Waals surface area contributed by atoms with E-state index in [-0.39, 0.29) is 24.4 Å². The van der Waals surface area contributed by atoms with Gasteiger partial charge in [0.15, 0.2) is 0 Å². The number of benzene rings is 1. The van der Waals surface area contributed by atoms with Crippen molar-refractivity contribution < 1.29 is 9.53 Å². The van der Waals surface area contributed by atoms with E-state index >= 15 is 0 Å². The van der Waals surface area contributed by atoms with Gasteiger partial charge in [0.1, 0.15) is 6.10 Å². The van der Waals surface area contributed by atoms with Crippen LogP contribution in [0.5, 0.6) is 0 Å². The fourth-order valence-electron chi connectivity index (χ4n) is 1.74. The zero-order valence-electron chi connectivity index (χ0n) is 10.4. The lowest BCUT2D eigenvalue weighted by atomic mass is 10.1. The lowest BCUT2D eigenvalue weighted by Crippen LogP contribution is -2.47. The summed E-state index contributed by atoms with van der Waals surface area (Å²) in [4.78, 5) is 11.8. The Labute approximate surface area is 114 Å². The Balaban J connectivity index is 0.00000162.